The molecule has 4 aliphatic heterocycles. The zero-order chi connectivity index (χ0) is 50.4. The summed E-state index contributed by atoms with van der Waals surface area (Å²) in [6, 6.07) is -8.10. The predicted molar refractivity (Wildman–Crippen MR) is 229 cm³/mol. The second-order valence-electron chi connectivity index (χ2n) is 15.3. The Morgan fingerprint density at radius 1 is 0.408 bits per heavy atom. The molecule has 0 bridgehead atoms. The van der Waals surface area contributed by atoms with Gasteiger partial charge in [-0.15, -0.1) is 0 Å². The van der Waals surface area contributed by atoms with Gasteiger partial charge >= 0.3 is 0 Å². The number of rotatable bonds is 20. The van der Waals surface area contributed by atoms with E-state index in [1.807, 2.05) is 0 Å². The summed E-state index contributed by atoms with van der Waals surface area (Å²) in [4.78, 5) is 21.2. The van der Waals surface area contributed by atoms with E-state index in [0.717, 1.165) is 0 Å². The third-order valence-corrected chi connectivity index (χ3v) is 11.4. The predicted octanol–water partition coefficient (Wildman–Crippen LogP) is 0.176. The maximum Gasteiger partial charge on any atom is 0.187 e. The number of azide groups is 8. The molecule has 41 heteroatoms. The van der Waals surface area contributed by atoms with Crippen LogP contribution in [0.2, 0.25) is 0 Å². The Kier molecular flexibility index (Phi) is 23.4. The summed E-state index contributed by atoms with van der Waals surface area (Å²) in [7, 11) is 0. The minimum absolute atomic E-state index is 0. The highest BCUT2D eigenvalue weighted by molar-refractivity contribution is 5.75. The topological polar surface area (TPSA) is 626 Å². The van der Waals surface area contributed by atoms with E-state index in [1.165, 1.54) is 0 Å². The Labute approximate surface area is 399 Å². The maximum atomic E-state index is 12.0. The molecule has 0 spiro atoms. The second-order valence-corrected chi connectivity index (χ2v) is 15.3. The van der Waals surface area contributed by atoms with E-state index in [1.54, 1.807) is 0 Å². The molecule has 0 aromatic heterocycles. The molecule has 8 N–H and O–H groups in total. The molecular weight excluding hydrogens is 963 g/mol. The lowest BCUT2D eigenvalue weighted by molar-refractivity contribution is -0.308. The van der Waals surface area contributed by atoms with Crippen molar-refractivity contribution in [3.05, 3.63) is 83.5 Å². The van der Waals surface area contributed by atoms with Crippen LogP contribution in [-0.2, 0) is 37.9 Å². The molecule has 1 aliphatic carbocycles. The molecule has 5 fully saturated rings. The van der Waals surface area contributed by atoms with Crippen molar-refractivity contribution in [3.8, 4) is 0 Å². The van der Waals surface area contributed by atoms with Crippen molar-refractivity contribution >= 4 is 8.41 Å². The molecule has 5 aliphatic rings. The van der Waals surface area contributed by atoms with Gasteiger partial charge in [0.05, 0.1) is 93.2 Å². The Hall–Kier alpha value is -6.10. The Bertz CT molecular complexity index is 2190. The molecule has 0 aromatic rings. The number of hydrogen-bond acceptors (Lipinski definition) is 24. The smallest absolute Gasteiger partial charge is 0.187 e. The SMILES string of the molecule is C.[2HH].[B].[N-]=[N+]=NCC1O[C@H](O[C@@H]2C(N=[N+]=[N-])C[C@@H](N=[N+]=[N-])C(O)[C@H]2O[C@@H]2O[C@H](CO[C@@H]3OC(CN=[N+]=[N-])[C@@H](N=[N+]=[N-])[C@H](O)C3O)[C@H](O[C@H]3O[C@@H](CN=[N+]=[N-])[C@@H](O)C(O)C3N=[N+]=[N-])C2O)C(N=[N+]=[N-])[C@@H](O)[C@@H]1O. The van der Waals surface area contributed by atoms with Crippen LogP contribution in [0, 0.1) is 0 Å². The van der Waals surface area contributed by atoms with E-state index in [9.17, 15) is 63.0 Å². The molecule has 5 rings (SSSR count). The standard InChI is InChI=1S/C29H42N24O16.CH4.B.H2/c30-46-38-2-8-12(43-51-35)18(57)21(60)28(63-8)62-5-11-24(68-27-14(45-53-37)20(59)17(56)10(65-27)4-40-48-32)22(61)29(66-11)69-25-15(54)6(41-49-33)1-7(42-50-34)23(25)67-26-13(44-52-36)19(58)16(55)9(64-26)3-39-47-31;;;/h6-29,54-61H,1-5H2;1H4;;1H/t6-,7?,8?,9?,10+,11-,12-,13?,14?,15?,16-,17-,18+,19-,20?,21?,22?,23-,24+,25-,26-,27-,28-,29+;;;/m1.../s1/i;;;1+1. The first-order valence-corrected chi connectivity index (χ1v) is 20.1. The van der Waals surface area contributed by atoms with Crippen molar-refractivity contribution in [2.75, 3.05) is 26.2 Å². The molecule has 40 nitrogen and oxygen atoms in total. The van der Waals surface area contributed by atoms with Gasteiger partial charge < -0.3 is 78.7 Å². The van der Waals surface area contributed by atoms with Gasteiger partial charge in [0, 0.05) is 49.1 Å². The molecule has 0 amide bonds. The van der Waals surface area contributed by atoms with Crippen LogP contribution in [0.5, 0.6) is 0 Å². The normalized spacial score (nSPS) is 41.5. The van der Waals surface area contributed by atoms with Crippen LogP contribution >= 0.6 is 0 Å². The number of aliphatic hydroxyl groups is 8. The molecule has 0 aromatic carbocycles. The minimum Gasteiger partial charge on any atom is -0.390 e. The van der Waals surface area contributed by atoms with Gasteiger partial charge in [-0.3, -0.25) is 0 Å². The lowest BCUT2D eigenvalue weighted by Gasteiger charge is -2.47. The number of aliphatic hydroxyl groups excluding tert-OH is 8. The van der Waals surface area contributed by atoms with Crippen molar-refractivity contribution in [2.24, 2.45) is 40.9 Å². The average Bonchev–Trinajstić information content (AvgIpc) is 3.62. The second kappa shape index (κ2) is 28.1. The van der Waals surface area contributed by atoms with E-state index in [2.05, 4.69) is 80.2 Å². The quantitative estimate of drug-likeness (QED) is 0.0349. The van der Waals surface area contributed by atoms with Crippen molar-refractivity contribution in [3.63, 3.8) is 0 Å². The first-order chi connectivity index (χ1) is 33.2. The summed E-state index contributed by atoms with van der Waals surface area (Å²) in [6.07, 6.45) is -35.6. The molecular formula is C30H48BN24O16. The van der Waals surface area contributed by atoms with Crippen LogP contribution in [0.1, 0.15) is 15.3 Å². The van der Waals surface area contributed by atoms with Gasteiger partial charge in [0.1, 0.15) is 54.8 Å². The monoisotopic (exact) mass is 1010 g/mol. The van der Waals surface area contributed by atoms with Crippen LogP contribution in [-0.4, -0.2) is 222 Å². The summed E-state index contributed by atoms with van der Waals surface area (Å²) in [5, 5.41) is 116. The molecule has 387 valence electrons. The van der Waals surface area contributed by atoms with Crippen LogP contribution < -0.4 is 0 Å². The fourth-order valence-corrected chi connectivity index (χ4v) is 8.10. The van der Waals surface area contributed by atoms with Gasteiger partial charge in [-0.25, -0.2) is 0 Å². The largest absolute Gasteiger partial charge is 0.390 e. The van der Waals surface area contributed by atoms with Crippen LogP contribution in [0.15, 0.2) is 40.9 Å². The minimum atomic E-state index is -2.14. The lowest BCUT2D eigenvalue weighted by atomic mass is 9.84. The van der Waals surface area contributed by atoms with Crippen molar-refractivity contribution < 1.29 is 80.2 Å². The number of nitrogens with zero attached hydrogens (tertiary/aromatic N) is 24. The molecule has 71 heavy (non-hydrogen) atoms. The zero-order valence-electron chi connectivity index (χ0n) is 35.5. The summed E-state index contributed by atoms with van der Waals surface area (Å²) < 4.78 is 47.1. The highest BCUT2D eigenvalue weighted by Crippen LogP contribution is 2.38. The first kappa shape index (κ1) is 59.2. The van der Waals surface area contributed by atoms with E-state index in [0.29, 0.717) is 0 Å². The maximum absolute atomic E-state index is 12.0. The third kappa shape index (κ3) is 13.7. The molecule has 4 saturated heterocycles. The molecule has 4 heterocycles. The van der Waals surface area contributed by atoms with Gasteiger partial charge in [-0.05, 0) is 50.7 Å². The van der Waals surface area contributed by atoms with Crippen LogP contribution in [0.4, 0.5) is 0 Å². The van der Waals surface area contributed by atoms with E-state index < -0.39 is 180 Å². The Morgan fingerprint density at radius 2 is 0.817 bits per heavy atom. The summed E-state index contributed by atoms with van der Waals surface area (Å²) in [5.41, 5.74) is 73.3. The van der Waals surface area contributed by atoms with Crippen molar-refractivity contribution in [1.82, 2.24) is 0 Å². The Balaban J connectivity index is 0.00000592. The van der Waals surface area contributed by atoms with E-state index in [4.69, 9.17) is 60.0 Å². The summed E-state index contributed by atoms with van der Waals surface area (Å²) in [5.74, 6) is 0. The zero-order valence-corrected chi connectivity index (χ0v) is 35.5. The summed E-state index contributed by atoms with van der Waals surface area (Å²) >= 11 is 0. The van der Waals surface area contributed by atoms with Gasteiger partial charge in [0.25, 0.3) is 0 Å². The van der Waals surface area contributed by atoms with Gasteiger partial charge in [0.2, 0.25) is 0 Å². The highest BCUT2D eigenvalue weighted by atomic mass is 16.8. The molecule has 1 saturated carbocycles. The molecule has 9 unspecified atom stereocenters. The van der Waals surface area contributed by atoms with Gasteiger partial charge in [-0.2, -0.15) is 0 Å². The highest BCUT2D eigenvalue weighted by Gasteiger charge is 2.56. The van der Waals surface area contributed by atoms with Crippen molar-refractivity contribution in [2.45, 2.75) is 161 Å². The lowest BCUT2D eigenvalue weighted by Crippen LogP contribution is -2.63. The van der Waals surface area contributed by atoms with Crippen molar-refractivity contribution in [1.29, 1.82) is 0 Å². The molecule has 24 atom stereocenters. The average molecular weight is 1010 g/mol. The Morgan fingerprint density at radius 3 is 1.31 bits per heavy atom. The van der Waals surface area contributed by atoms with Gasteiger partial charge in [-0.1, -0.05) is 48.3 Å². The first-order valence-electron chi connectivity index (χ1n) is 20.1. The van der Waals surface area contributed by atoms with Crippen LogP contribution in [0.3, 0.4) is 0 Å². The number of hydrogen-bond donors (Lipinski definition) is 8. The fraction of sp³-hybridized carbons (Fsp3) is 1.00. The van der Waals surface area contributed by atoms with Gasteiger partial charge in [0.15, 0.2) is 25.2 Å². The van der Waals surface area contributed by atoms with E-state index >= 15 is 0 Å². The third-order valence-electron chi connectivity index (χ3n) is 11.4. The van der Waals surface area contributed by atoms with E-state index in [-0.39, 0.29) is 17.3 Å². The summed E-state index contributed by atoms with van der Waals surface area (Å²) in [6.45, 7) is -2.61. The fourth-order valence-electron chi connectivity index (χ4n) is 8.10. The number of ether oxygens (including phenoxy) is 8. The van der Waals surface area contributed by atoms with Crippen LogP contribution in [0.25, 0.3) is 83.5 Å². The molecule has 3 radical (unpaired) electrons.